The highest BCUT2D eigenvalue weighted by Crippen LogP contribution is 2.43. The lowest BCUT2D eigenvalue weighted by atomic mass is 9.76. The van der Waals surface area contributed by atoms with Crippen LogP contribution >= 0.6 is 0 Å². The lowest BCUT2D eigenvalue weighted by Gasteiger charge is -2.48. The van der Waals surface area contributed by atoms with Gasteiger partial charge in [0.15, 0.2) is 0 Å². The number of ether oxygens (including phenoxy) is 1. The number of hydrogen-bond acceptors (Lipinski definition) is 4. The van der Waals surface area contributed by atoms with Gasteiger partial charge >= 0.3 is 0 Å². The van der Waals surface area contributed by atoms with Crippen LogP contribution in [0.15, 0.2) is 34.7 Å². The number of hydrogen-bond donors (Lipinski definition) is 0. The van der Waals surface area contributed by atoms with E-state index in [1.54, 1.807) is 0 Å². The quantitative estimate of drug-likeness (QED) is 0.784. The molecule has 1 aromatic carbocycles. The second kappa shape index (κ2) is 7.77. The van der Waals surface area contributed by atoms with Gasteiger partial charge in [-0.15, -0.1) is 0 Å². The summed E-state index contributed by atoms with van der Waals surface area (Å²) in [4.78, 5) is 17.8. The molecule has 2 aliphatic heterocycles. The van der Waals surface area contributed by atoms with Crippen LogP contribution in [0.4, 0.5) is 0 Å². The number of para-hydroxylation sites is 1. The van der Waals surface area contributed by atoms with Crippen LogP contribution in [0.2, 0.25) is 0 Å². The molecule has 3 atom stereocenters. The second-order valence-electron chi connectivity index (χ2n) is 9.19. The minimum Gasteiger partial charge on any atom is -0.461 e. The molecule has 2 saturated heterocycles. The van der Waals surface area contributed by atoms with Crippen molar-refractivity contribution in [1.82, 2.24) is 9.80 Å². The minimum absolute atomic E-state index is 0.0619. The summed E-state index contributed by atoms with van der Waals surface area (Å²) in [6.07, 6.45) is 8.41. The van der Waals surface area contributed by atoms with E-state index < -0.39 is 0 Å². The molecular formula is C24H32N2O3. The van der Waals surface area contributed by atoms with Gasteiger partial charge in [-0.05, 0) is 70.2 Å². The SMILES string of the molecule is CN(C(=O)Cc1cc2ccccc2o1)[C@H]1CC[C@]2(CCCO2)C[C@@H]1N1CCCC1. The van der Waals surface area contributed by atoms with Gasteiger partial charge < -0.3 is 14.1 Å². The van der Waals surface area contributed by atoms with Gasteiger partial charge in [-0.25, -0.2) is 0 Å². The molecule has 1 aliphatic carbocycles. The van der Waals surface area contributed by atoms with Gasteiger partial charge in [-0.3, -0.25) is 9.69 Å². The van der Waals surface area contributed by atoms with Crippen LogP contribution in [0.3, 0.4) is 0 Å². The molecule has 5 nitrogen and oxygen atoms in total. The topological polar surface area (TPSA) is 45.9 Å². The van der Waals surface area contributed by atoms with E-state index in [9.17, 15) is 4.79 Å². The summed E-state index contributed by atoms with van der Waals surface area (Å²) in [5.74, 6) is 0.911. The highest BCUT2D eigenvalue weighted by molar-refractivity contribution is 5.82. The van der Waals surface area contributed by atoms with Gasteiger partial charge in [0.25, 0.3) is 0 Å². The third kappa shape index (κ3) is 3.71. The molecule has 29 heavy (non-hydrogen) atoms. The number of likely N-dealkylation sites (tertiary alicyclic amines) is 1. The zero-order valence-electron chi connectivity index (χ0n) is 17.4. The minimum atomic E-state index is 0.0619. The van der Waals surface area contributed by atoms with E-state index in [2.05, 4.69) is 4.90 Å². The van der Waals surface area contributed by atoms with E-state index in [1.807, 2.05) is 42.3 Å². The molecule has 0 bridgehead atoms. The number of likely N-dealkylation sites (N-methyl/N-ethyl adjacent to an activating group) is 1. The number of nitrogens with zero attached hydrogens (tertiary/aromatic N) is 2. The molecular weight excluding hydrogens is 364 g/mol. The molecule has 1 saturated carbocycles. The summed E-state index contributed by atoms with van der Waals surface area (Å²) in [5.41, 5.74) is 0.915. The molecule has 5 heteroatoms. The van der Waals surface area contributed by atoms with Crippen molar-refractivity contribution < 1.29 is 13.9 Å². The lowest BCUT2D eigenvalue weighted by Crippen LogP contribution is -2.58. The van der Waals surface area contributed by atoms with Gasteiger partial charge in [0.1, 0.15) is 11.3 Å². The number of furan rings is 1. The first-order chi connectivity index (χ1) is 14.1. The number of fused-ring (bicyclic) bond motifs is 1. The van der Waals surface area contributed by atoms with E-state index in [0.29, 0.717) is 12.5 Å². The Bertz CT molecular complexity index is 831. The summed E-state index contributed by atoms with van der Waals surface area (Å²) in [6, 6.07) is 10.6. The average Bonchev–Trinajstić information content (AvgIpc) is 3.48. The van der Waals surface area contributed by atoms with Gasteiger partial charge in [0.05, 0.1) is 12.0 Å². The summed E-state index contributed by atoms with van der Waals surface area (Å²) in [5, 5.41) is 1.06. The van der Waals surface area contributed by atoms with Crippen molar-refractivity contribution in [1.29, 1.82) is 0 Å². The first-order valence-electron chi connectivity index (χ1n) is 11.2. The molecule has 2 aromatic rings. The van der Waals surface area contributed by atoms with Crippen LogP contribution in [0.25, 0.3) is 11.0 Å². The monoisotopic (exact) mass is 396 g/mol. The molecule has 1 aromatic heterocycles. The van der Waals surface area contributed by atoms with Crippen LogP contribution in [0, 0.1) is 0 Å². The Balaban J connectivity index is 1.32. The van der Waals surface area contributed by atoms with Gasteiger partial charge in [0.2, 0.25) is 5.91 Å². The molecule has 3 fully saturated rings. The molecule has 0 radical (unpaired) electrons. The summed E-state index contributed by atoms with van der Waals surface area (Å²) >= 11 is 0. The molecule has 3 aliphatic rings. The van der Waals surface area contributed by atoms with E-state index in [4.69, 9.17) is 9.15 Å². The zero-order valence-corrected chi connectivity index (χ0v) is 17.4. The second-order valence-corrected chi connectivity index (χ2v) is 9.19. The summed E-state index contributed by atoms with van der Waals surface area (Å²) < 4.78 is 12.1. The number of benzene rings is 1. The molecule has 0 unspecified atom stereocenters. The Kier molecular flexibility index (Phi) is 5.12. The van der Waals surface area contributed by atoms with E-state index in [-0.39, 0.29) is 17.6 Å². The maximum absolute atomic E-state index is 13.2. The number of amides is 1. The van der Waals surface area contributed by atoms with Crippen molar-refractivity contribution in [3.05, 3.63) is 36.1 Å². The standard InChI is InChI=1S/C24H32N2O3/c1-25(23(27)16-19-15-18-7-2-3-8-22(18)29-19)20-9-11-24(10-6-14-28-24)17-21(20)26-12-4-5-13-26/h2-3,7-8,15,20-21H,4-6,9-14,16-17H2,1H3/t20-,21-,24+/m0/s1. The largest absolute Gasteiger partial charge is 0.461 e. The maximum atomic E-state index is 13.2. The fourth-order valence-electron chi connectivity index (χ4n) is 5.82. The fourth-order valence-corrected chi connectivity index (χ4v) is 5.82. The van der Waals surface area contributed by atoms with Crippen LogP contribution < -0.4 is 0 Å². The zero-order chi connectivity index (χ0) is 19.8. The Hall–Kier alpha value is -1.85. The number of rotatable bonds is 4. The fraction of sp³-hybridized carbons (Fsp3) is 0.625. The van der Waals surface area contributed by atoms with E-state index >= 15 is 0 Å². The Morgan fingerprint density at radius 3 is 2.79 bits per heavy atom. The first-order valence-corrected chi connectivity index (χ1v) is 11.2. The Labute approximate surface area is 173 Å². The summed E-state index contributed by atoms with van der Waals surface area (Å²) in [7, 11) is 1.99. The molecule has 156 valence electrons. The number of carbonyl (C=O) groups excluding carboxylic acids is 1. The van der Waals surface area contributed by atoms with Crippen molar-refractivity contribution in [2.75, 3.05) is 26.7 Å². The Morgan fingerprint density at radius 1 is 1.21 bits per heavy atom. The van der Waals surface area contributed by atoms with Crippen molar-refractivity contribution in [3.8, 4) is 0 Å². The highest BCUT2D eigenvalue weighted by atomic mass is 16.5. The Morgan fingerprint density at radius 2 is 2.03 bits per heavy atom. The molecule has 1 spiro atoms. The van der Waals surface area contributed by atoms with Gasteiger partial charge in [0, 0.05) is 31.1 Å². The predicted octanol–water partition coefficient (Wildman–Crippen LogP) is 4.00. The maximum Gasteiger partial charge on any atom is 0.230 e. The van der Waals surface area contributed by atoms with Crippen molar-refractivity contribution in [2.24, 2.45) is 0 Å². The molecule has 1 amide bonds. The first kappa shape index (κ1) is 19.1. The van der Waals surface area contributed by atoms with Crippen LogP contribution in [0.1, 0.15) is 50.7 Å². The predicted molar refractivity (Wildman–Crippen MR) is 113 cm³/mol. The van der Waals surface area contributed by atoms with E-state index in [0.717, 1.165) is 55.7 Å². The highest BCUT2D eigenvalue weighted by Gasteiger charge is 2.47. The number of carbonyl (C=O) groups is 1. The lowest BCUT2D eigenvalue weighted by molar-refractivity contribution is -0.137. The van der Waals surface area contributed by atoms with Crippen LogP contribution in [0.5, 0.6) is 0 Å². The summed E-state index contributed by atoms with van der Waals surface area (Å²) in [6.45, 7) is 3.21. The van der Waals surface area contributed by atoms with Crippen LogP contribution in [-0.2, 0) is 16.0 Å². The molecule has 3 heterocycles. The van der Waals surface area contributed by atoms with Crippen molar-refractivity contribution in [2.45, 2.75) is 69.1 Å². The normalized spacial score (nSPS) is 30.4. The smallest absolute Gasteiger partial charge is 0.230 e. The third-order valence-corrected chi connectivity index (χ3v) is 7.41. The van der Waals surface area contributed by atoms with Gasteiger partial charge in [-0.2, -0.15) is 0 Å². The average molecular weight is 397 g/mol. The van der Waals surface area contributed by atoms with Crippen molar-refractivity contribution >= 4 is 16.9 Å². The van der Waals surface area contributed by atoms with Crippen LogP contribution in [-0.4, -0.2) is 60.1 Å². The molecule has 0 N–H and O–H groups in total. The third-order valence-electron chi connectivity index (χ3n) is 7.41. The van der Waals surface area contributed by atoms with Crippen molar-refractivity contribution in [3.63, 3.8) is 0 Å². The molecule has 5 rings (SSSR count). The van der Waals surface area contributed by atoms with Gasteiger partial charge in [-0.1, -0.05) is 18.2 Å². The van der Waals surface area contributed by atoms with E-state index in [1.165, 1.54) is 25.7 Å².